The predicted molar refractivity (Wildman–Crippen MR) is 167 cm³/mol. The second-order valence-electron chi connectivity index (χ2n) is 11.2. The molecule has 13 nitrogen and oxygen atoms in total. The monoisotopic (exact) mass is 635 g/mol. The van der Waals surface area contributed by atoms with Crippen LogP contribution >= 0.6 is 11.8 Å². The highest BCUT2D eigenvalue weighted by Gasteiger charge is 2.49. The molecule has 0 aromatic heterocycles. The third-order valence-corrected chi connectivity index (χ3v) is 9.00. The number of nitrogens with zero attached hydrogens (tertiary/aromatic N) is 3. The number of aryl methyl sites for hydroxylation is 1. The molecule has 1 heterocycles. The van der Waals surface area contributed by atoms with Crippen LogP contribution in [0.4, 0.5) is 11.4 Å². The van der Waals surface area contributed by atoms with Crippen molar-refractivity contribution >= 4 is 40.9 Å². The Morgan fingerprint density at radius 1 is 1.00 bits per heavy atom. The lowest BCUT2D eigenvalue weighted by molar-refractivity contribution is -0.394. The van der Waals surface area contributed by atoms with Crippen LogP contribution in [0, 0.1) is 27.2 Å². The van der Waals surface area contributed by atoms with Crippen LogP contribution < -0.4 is 10.6 Å². The Hall–Kier alpha value is -4.82. The standard InChI is InChI=1S/C31H33N5O8S/c1-19-9-7-8-12-21(19)17-32-29(39)27-31(2,3)45-18-34(27)30(40)26(37)25(13-20-10-5-4-6-11-20)33-28(38)22-14-23(35(41)42)16-24(15-22)36(43)44/h4-12,14-16,25-27,37H,13,17-18H2,1-3H3,(H,32,39)(H,33,38). The first-order chi connectivity index (χ1) is 21.3. The van der Waals surface area contributed by atoms with Crippen LogP contribution in [0.2, 0.25) is 0 Å². The van der Waals surface area contributed by atoms with E-state index in [4.69, 9.17) is 0 Å². The molecular weight excluding hydrogens is 602 g/mol. The summed E-state index contributed by atoms with van der Waals surface area (Å²) in [4.78, 5) is 63.0. The van der Waals surface area contributed by atoms with Crippen molar-refractivity contribution in [1.29, 1.82) is 0 Å². The van der Waals surface area contributed by atoms with Gasteiger partial charge in [-0.2, -0.15) is 0 Å². The molecule has 3 unspecified atom stereocenters. The van der Waals surface area contributed by atoms with Crippen LogP contribution in [0.5, 0.6) is 0 Å². The number of carbonyl (C=O) groups is 3. The maximum absolute atomic E-state index is 13.9. The van der Waals surface area contributed by atoms with Crippen molar-refractivity contribution < 1.29 is 29.3 Å². The largest absolute Gasteiger partial charge is 0.381 e. The molecule has 1 aliphatic rings. The molecule has 3 amide bonds. The molecule has 1 aliphatic heterocycles. The van der Waals surface area contributed by atoms with Gasteiger partial charge in [0.2, 0.25) is 5.91 Å². The summed E-state index contributed by atoms with van der Waals surface area (Å²) in [5.41, 5.74) is 0.847. The molecule has 14 heteroatoms. The first-order valence-electron chi connectivity index (χ1n) is 14.0. The van der Waals surface area contributed by atoms with Crippen molar-refractivity contribution in [2.75, 3.05) is 5.88 Å². The lowest BCUT2D eigenvalue weighted by Gasteiger charge is -2.33. The third-order valence-electron chi connectivity index (χ3n) is 7.63. The first-order valence-corrected chi connectivity index (χ1v) is 15.0. The highest BCUT2D eigenvalue weighted by molar-refractivity contribution is 8.00. The van der Waals surface area contributed by atoms with E-state index < -0.39 is 61.9 Å². The molecule has 0 saturated carbocycles. The number of hydrogen-bond acceptors (Lipinski definition) is 9. The number of hydrogen-bond donors (Lipinski definition) is 3. The van der Waals surface area contributed by atoms with E-state index in [2.05, 4.69) is 10.6 Å². The van der Waals surface area contributed by atoms with Crippen molar-refractivity contribution in [3.63, 3.8) is 0 Å². The van der Waals surface area contributed by atoms with Crippen molar-refractivity contribution in [2.45, 2.75) is 56.7 Å². The van der Waals surface area contributed by atoms with E-state index in [1.807, 2.05) is 45.0 Å². The second kappa shape index (κ2) is 13.9. The summed E-state index contributed by atoms with van der Waals surface area (Å²) in [6.07, 6.45) is -1.85. The van der Waals surface area contributed by atoms with E-state index in [-0.39, 0.29) is 24.4 Å². The van der Waals surface area contributed by atoms with E-state index >= 15 is 0 Å². The van der Waals surface area contributed by atoms with Crippen molar-refractivity contribution in [3.8, 4) is 0 Å². The van der Waals surface area contributed by atoms with Gasteiger partial charge in [-0.05, 0) is 43.9 Å². The van der Waals surface area contributed by atoms with E-state index in [0.29, 0.717) is 5.56 Å². The summed E-state index contributed by atoms with van der Waals surface area (Å²) in [6.45, 7) is 5.83. The Bertz CT molecular complexity index is 1580. The van der Waals surface area contributed by atoms with Gasteiger partial charge in [0.05, 0.1) is 33.4 Å². The molecule has 236 valence electrons. The van der Waals surface area contributed by atoms with Gasteiger partial charge in [0, 0.05) is 23.4 Å². The summed E-state index contributed by atoms with van der Waals surface area (Å²) in [6, 6.07) is 16.6. The minimum atomic E-state index is -1.83. The van der Waals surface area contributed by atoms with Crippen LogP contribution in [0.25, 0.3) is 0 Å². The van der Waals surface area contributed by atoms with E-state index in [9.17, 15) is 39.7 Å². The van der Waals surface area contributed by atoms with Gasteiger partial charge in [0.15, 0.2) is 6.10 Å². The van der Waals surface area contributed by atoms with Crippen LogP contribution in [0.15, 0.2) is 72.8 Å². The number of nitro benzene ring substituents is 2. The average molecular weight is 636 g/mol. The van der Waals surface area contributed by atoms with Gasteiger partial charge in [-0.1, -0.05) is 54.6 Å². The molecule has 3 aromatic rings. The van der Waals surface area contributed by atoms with Gasteiger partial charge in [0.1, 0.15) is 6.04 Å². The fourth-order valence-corrected chi connectivity index (χ4v) is 6.28. The normalized spacial score (nSPS) is 16.8. The molecule has 3 N–H and O–H groups in total. The Kier molecular flexibility index (Phi) is 10.2. The van der Waals surface area contributed by atoms with Crippen molar-refractivity contribution in [2.24, 2.45) is 0 Å². The highest BCUT2D eigenvalue weighted by Crippen LogP contribution is 2.40. The van der Waals surface area contributed by atoms with Gasteiger partial charge in [0.25, 0.3) is 23.2 Å². The molecule has 1 fully saturated rings. The topological polar surface area (TPSA) is 185 Å². The first kappa shape index (κ1) is 33.1. The number of rotatable bonds is 11. The number of carbonyl (C=O) groups excluding carboxylic acids is 3. The van der Waals surface area contributed by atoms with Gasteiger partial charge >= 0.3 is 0 Å². The molecule has 3 atom stereocenters. The smallest absolute Gasteiger partial charge is 0.277 e. The summed E-state index contributed by atoms with van der Waals surface area (Å²) in [5.74, 6) is -2.05. The molecule has 1 saturated heterocycles. The molecule has 45 heavy (non-hydrogen) atoms. The Morgan fingerprint density at radius 2 is 1.60 bits per heavy atom. The molecule has 0 bridgehead atoms. The number of thioether (sulfide) groups is 1. The number of amides is 3. The van der Waals surface area contributed by atoms with E-state index in [1.165, 1.54) is 16.7 Å². The Balaban J connectivity index is 1.60. The number of aliphatic hydroxyl groups is 1. The highest BCUT2D eigenvalue weighted by atomic mass is 32.2. The minimum Gasteiger partial charge on any atom is -0.381 e. The third kappa shape index (κ3) is 7.83. The van der Waals surface area contributed by atoms with E-state index in [1.54, 1.807) is 30.3 Å². The maximum atomic E-state index is 13.9. The van der Waals surface area contributed by atoms with Crippen LogP contribution in [-0.2, 0) is 22.6 Å². The maximum Gasteiger partial charge on any atom is 0.277 e. The minimum absolute atomic E-state index is 0.0228. The molecule has 0 aliphatic carbocycles. The van der Waals surface area contributed by atoms with Gasteiger partial charge in [-0.25, -0.2) is 0 Å². The number of benzene rings is 3. The number of nitro groups is 2. The summed E-state index contributed by atoms with van der Waals surface area (Å²) < 4.78 is -0.703. The molecule has 4 rings (SSSR count). The Morgan fingerprint density at radius 3 is 2.20 bits per heavy atom. The molecule has 3 aromatic carbocycles. The number of aliphatic hydroxyl groups excluding tert-OH is 1. The summed E-state index contributed by atoms with van der Waals surface area (Å²) >= 11 is 1.37. The van der Waals surface area contributed by atoms with E-state index in [0.717, 1.165) is 29.3 Å². The number of nitrogens with one attached hydrogen (secondary N) is 2. The van der Waals surface area contributed by atoms with Crippen molar-refractivity contribution in [3.05, 3.63) is 115 Å². The van der Waals surface area contributed by atoms with Crippen molar-refractivity contribution in [1.82, 2.24) is 15.5 Å². The fraction of sp³-hybridized carbons (Fsp3) is 0.323. The molecular formula is C31H33N5O8S. The summed E-state index contributed by atoms with van der Waals surface area (Å²) in [5, 5.41) is 39.6. The predicted octanol–water partition coefficient (Wildman–Crippen LogP) is 3.51. The quantitative estimate of drug-likeness (QED) is 0.209. The fourth-order valence-electron chi connectivity index (χ4n) is 5.14. The zero-order valence-corrected chi connectivity index (χ0v) is 25.7. The Labute approximate surface area is 263 Å². The lowest BCUT2D eigenvalue weighted by Crippen LogP contribution is -2.58. The van der Waals surface area contributed by atoms with Crippen LogP contribution in [0.1, 0.15) is 40.9 Å². The average Bonchev–Trinajstić information content (AvgIpc) is 3.34. The SMILES string of the molecule is Cc1ccccc1CNC(=O)C1N(C(=O)C(O)C(Cc2ccccc2)NC(=O)c2cc([N+](=O)[O-])cc([N+](=O)[O-])c2)CSC1(C)C. The van der Waals surface area contributed by atoms with Gasteiger partial charge in [-0.15, -0.1) is 11.8 Å². The molecule has 0 spiro atoms. The molecule has 0 radical (unpaired) electrons. The zero-order valence-electron chi connectivity index (χ0n) is 24.8. The van der Waals surface area contributed by atoms with Gasteiger partial charge < -0.3 is 20.6 Å². The zero-order chi connectivity index (χ0) is 32.9. The second-order valence-corrected chi connectivity index (χ2v) is 12.8. The lowest BCUT2D eigenvalue weighted by atomic mass is 9.96. The van der Waals surface area contributed by atoms with Crippen LogP contribution in [-0.4, -0.2) is 66.4 Å². The van der Waals surface area contributed by atoms with Crippen LogP contribution in [0.3, 0.4) is 0 Å². The summed E-state index contributed by atoms with van der Waals surface area (Å²) in [7, 11) is 0. The number of non-ortho nitro benzene ring substituents is 2. The van der Waals surface area contributed by atoms with Gasteiger partial charge in [-0.3, -0.25) is 34.6 Å².